The Labute approximate surface area is 188 Å². The molecule has 0 amide bonds. The monoisotopic (exact) mass is 468 g/mol. The summed E-state index contributed by atoms with van der Waals surface area (Å²) in [5, 5.41) is 13.8. The van der Waals surface area contributed by atoms with Crippen LogP contribution in [0.25, 0.3) is 0 Å². The van der Waals surface area contributed by atoms with Crippen molar-refractivity contribution in [1.29, 1.82) is 0 Å². The van der Waals surface area contributed by atoms with Gasteiger partial charge in [0.1, 0.15) is 12.7 Å². The minimum Gasteiger partial charge on any atom is -0.463 e. The first-order chi connectivity index (χ1) is 15.5. The summed E-state index contributed by atoms with van der Waals surface area (Å²) in [6.45, 7) is 4.16. The lowest BCUT2D eigenvalue weighted by Crippen LogP contribution is -2.64. The van der Waals surface area contributed by atoms with Crippen LogP contribution in [0.15, 0.2) is 24.3 Å². The SMILES string of the molecule is CC(=O)OC[C@H]1OC(Nc2ccc([N+](=O)[O-])cc2)[C@H](OC(C)=O)[C@@H](OC(C)=O)[C@@H]1OC(C)=O. The number of rotatable bonds is 8. The Balaban J connectivity index is 2.43. The molecule has 1 aliphatic heterocycles. The van der Waals surface area contributed by atoms with E-state index in [1.807, 2.05) is 0 Å². The van der Waals surface area contributed by atoms with Crippen molar-refractivity contribution in [3.05, 3.63) is 34.4 Å². The van der Waals surface area contributed by atoms with Gasteiger partial charge in [0.05, 0.1) is 4.92 Å². The van der Waals surface area contributed by atoms with Crippen LogP contribution in [0.5, 0.6) is 0 Å². The Morgan fingerprint density at radius 3 is 1.88 bits per heavy atom. The van der Waals surface area contributed by atoms with Crippen LogP contribution in [0, 0.1) is 10.1 Å². The lowest BCUT2D eigenvalue weighted by atomic mass is 9.97. The highest BCUT2D eigenvalue weighted by Crippen LogP contribution is 2.30. The zero-order chi connectivity index (χ0) is 24.7. The molecule has 0 aromatic heterocycles. The number of nitrogens with one attached hydrogen (secondary N) is 1. The molecule has 0 saturated carbocycles. The number of benzene rings is 1. The molecule has 1 saturated heterocycles. The van der Waals surface area contributed by atoms with Gasteiger partial charge in [-0.1, -0.05) is 0 Å². The fourth-order valence-corrected chi connectivity index (χ4v) is 3.19. The minimum absolute atomic E-state index is 0.151. The molecule has 180 valence electrons. The molecule has 1 aliphatic rings. The summed E-state index contributed by atoms with van der Waals surface area (Å²) < 4.78 is 26.8. The maximum atomic E-state index is 11.8. The van der Waals surface area contributed by atoms with Crippen LogP contribution >= 0.6 is 0 Å². The number of non-ortho nitro benzene ring substituents is 1. The van der Waals surface area contributed by atoms with E-state index in [0.717, 1.165) is 20.8 Å². The summed E-state index contributed by atoms with van der Waals surface area (Å²) in [6.07, 6.45) is -6.17. The summed E-state index contributed by atoms with van der Waals surface area (Å²) in [5.74, 6) is -2.86. The minimum atomic E-state index is -1.32. The third-order valence-electron chi connectivity index (χ3n) is 4.38. The van der Waals surface area contributed by atoms with Crippen LogP contribution in [0.3, 0.4) is 0 Å². The molecule has 0 bridgehead atoms. The van der Waals surface area contributed by atoms with Gasteiger partial charge in [-0.05, 0) is 12.1 Å². The number of hydrogen-bond donors (Lipinski definition) is 1. The predicted octanol–water partition coefficient (Wildman–Crippen LogP) is 1.09. The molecule has 0 aliphatic carbocycles. The molecule has 2 rings (SSSR count). The molecule has 1 unspecified atom stereocenters. The first kappa shape index (κ1) is 25.5. The molecule has 5 atom stereocenters. The number of carbonyl (C=O) groups excluding carboxylic acids is 4. The van der Waals surface area contributed by atoms with Crippen LogP contribution in [0.4, 0.5) is 11.4 Å². The van der Waals surface area contributed by atoms with Gasteiger partial charge in [0, 0.05) is 45.5 Å². The van der Waals surface area contributed by atoms with E-state index < -0.39 is 59.4 Å². The van der Waals surface area contributed by atoms with E-state index in [0.29, 0.717) is 5.69 Å². The normalized spacial score (nSPS) is 24.2. The largest absolute Gasteiger partial charge is 0.463 e. The first-order valence-corrected chi connectivity index (χ1v) is 9.79. The van der Waals surface area contributed by atoms with E-state index in [9.17, 15) is 29.3 Å². The molecule has 1 aromatic rings. The van der Waals surface area contributed by atoms with E-state index in [2.05, 4.69) is 5.32 Å². The van der Waals surface area contributed by atoms with Crippen LogP contribution in [-0.4, -0.2) is 66.1 Å². The number of esters is 4. The molecule has 1 N–H and O–H groups in total. The Morgan fingerprint density at radius 2 is 1.39 bits per heavy atom. The van der Waals surface area contributed by atoms with Crippen LogP contribution in [0.2, 0.25) is 0 Å². The fraction of sp³-hybridized carbons (Fsp3) is 0.500. The summed E-state index contributed by atoms with van der Waals surface area (Å²) in [4.78, 5) is 56.9. The van der Waals surface area contributed by atoms with Crippen molar-refractivity contribution in [2.24, 2.45) is 0 Å². The van der Waals surface area contributed by atoms with Crippen molar-refractivity contribution >= 4 is 35.3 Å². The molecule has 1 aromatic carbocycles. The van der Waals surface area contributed by atoms with E-state index in [1.54, 1.807) is 0 Å². The predicted molar refractivity (Wildman–Crippen MR) is 109 cm³/mol. The standard InChI is InChI=1S/C20H24N2O11/c1-10(23)29-9-16-17(30-11(2)24)18(31-12(3)25)19(32-13(4)26)20(33-16)21-14-5-7-15(8-6-14)22(27)28/h5-8,16-21H,9H2,1-4H3/t16-,17-,18+,19-,20?/m1/s1. The molecule has 0 spiro atoms. The highest BCUT2D eigenvalue weighted by Gasteiger charge is 2.52. The average molecular weight is 468 g/mol. The molecule has 1 fully saturated rings. The first-order valence-electron chi connectivity index (χ1n) is 9.79. The summed E-state index contributed by atoms with van der Waals surface area (Å²) >= 11 is 0. The highest BCUT2D eigenvalue weighted by atomic mass is 16.7. The summed E-state index contributed by atoms with van der Waals surface area (Å²) in [5.41, 5.74) is 0.198. The van der Waals surface area contributed by atoms with Crippen LogP contribution < -0.4 is 5.32 Å². The zero-order valence-electron chi connectivity index (χ0n) is 18.3. The molecular formula is C20H24N2O11. The topological polar surface area (TPSA) is 170 Å². The molecule has 33 heavy (non-hydrogen) atoms. The lowest BCUT2D eigenvalue weighted by molar-refractivity contribution is -0.384. The van der Waals surface area contributed by atoms with Gasteiger partial charge in [0.25, 0.3) is 5.69 Å². The van der Waals surface area contributed by atoms with Gasteiger partial charge in [0.15, 0.2) is 24.5 Å². The molecule has 13 heteroatoms. The molecule has 13 nitrogen and oxygen atoms in total. The summed E-state index contributed by atoms with van der Waals surface area (Å²) in [6, 6.07) is 5.28. The van der Waals surface area contributed by atoms with Crippen molar-refractivity contribution in [3.8, 4) is 0 Å². The van der Waals surface area contributed by atoms with Gasteiger partial charge >= 0.3 is 23.9 Å². The smallest absolute Gasteiger partial charge is 0.303 e. The van der Waals surface area contributed by atoms with Crippen molar-refractivity contribution in [1.82, 2.24) is 0 Å². The second-order valence-electron chi connectivity index (χ2n) is 7.07. The summed E-state index contributed by atoms with van der Waals surface area (Å²) in [7, 11) is 0. The third kappa shape index (κ3) is 7.42. The third-order valence-corrected chi connectivity index (χ3v) is 4.38. The molecular weight excluding hydrogens is 444 g/mol. The number of nitrogens with zero attached hydrogens (tertiary/aromatic N) is 1. The second-order valence-corrected chi connectivity index (χ2v) is 7.07. The zero-order valence-corrected chi connectivity index (χ0v) is 18.3. The highest BCUT2D eigenvalue weighted by molar-refractivity contribution is 5.69. The average Bonchev–Trinajstić information content (AvgIpc) is 2.70. The van der Waals surface area contributed by atoms with Gasteiger partial charge in [0.2, 0.25) is 0 Å². The van der Waals surface area contributed by atoms with Gasteiger partial charge < -0.3 is 29.0 Å². The Kier molecular flexibility index (Phi) is 8.68. The van der Waals surface area contributed by atoms with Gasteiger partial charge in [-0.2, -0.15) is 0 Å². The van der Waals surface area contributed by atoms with Gasteiger partial charge in [-0.3, -0.25) is 29.3 Å². The van der Waals surface area contributed by atoms with Crippen LogP contribution in [0.1, 0.15) is 27.7 Å². The molecule has 0 radical (unpaired) electrons. The maximum Gasteiger partial charge on any atom is 0.303 e. The number of hydrogen-bond acceptors (Lipinski definition) is 12. The van der Waals surface area contributed by atoms with Crippen LogP contribution in [-0.2, 0) is 42.9 Å². The van der Waals surface area contributed by atoms with E-state index in [1.165, 1.54) is 31.2 Å². The fourth-order valence-electron chi connectivity index (χ4n) is 3.19. The van der Waals surface area contributed by atoms with E-state index in [-0.39, 0.29) is 12.3 Å². The quantitative estimate of drug-likeness (QED) is 0.250. The Hall–Kier alpha value is -3.74. The van der Waals surface area contributed by atoms with Gasteiger partial charge in [-0.15, -0.1) is 0 Å². The Bertz CT molecular complexity index is 902. The lowest BCUT2D eigenvalue weighted by Gasteiger charge is -2.44. The van der Waals surface area contributed by atoms with Crippen molar-refractivity contribution in [2.75, 3.05) is 11.9 Å². The number of nitro groups is 1. The second kappa shape index (κ2) is 11.2. The van der Waals surface area contributed by atoms with Gasteiger partial charge in [-0.25, -0.2) is 0 Å². The van der Waals surface area contributed by atoms with E-state index >= 15 is 0 Å². The Morgan fingerprint density at radius 1 is 0.879 bits per heavy atom. The van der Waals surface area contributed by atoms with Crippen molar-refractivity contribution in [2.45, 2.75) is 58.3 Å². The number of ether oxygens (including phenoxy) is 5. The number of anilines is 1. The maximum absolute atomic E-state index is 11.8. The van der Waals surface area contributed by atoms with E-state index in [4.69, 9.17) is 23.7 Å². The number of carbonyl (C=O) groups is 4. The molecule has 1 heterocycles. The van der Waals surface area contributed by atoms with Crippen molar-refractivity contribution < 1.29 is 47.8 Å². The van der Waals surface area contributed by atoms with Crippen molar-refractivity contribution in [3.63, 3.8) is 0 Å². The number of nitro benzene ring substituents is 1.